The van der Waals surface area contributed by atoms with Gasteiger partial charge in [0.15, 0.2) is 28.8 Å². The van der Waals surface area contributed by atoms with E-state index in [1.54, 1.807) is 23.5 Å². The predicted octanol–water partition coefficient (Wildman–Crippen LogP) is 16.2. The molecular weight excluding hydrogens is 877 g/mol. The standard InChI is InChI=1S/C61H32N8S/c1-64-46-28-37(35-62)26-44(30-46)41-20-23-53-50(32-41)51-33-42(45-27-38(36-63)29-47(31-45)65-2)21-24-54(51)69(53)55-25-22-43(48-17-11-19-57-58(48)49-16-9-10-18-56(49)70-57)34-52(55)61-67-59(39-12-5-3-6-13-39)66-60(68-61)40-14-7-4-8-15-40/h3-34H. The highest BCUT2D eigenvalue weighted by atomic mass is 32.1. The molecule has 0 aliphatic rings. The number of aromatic nitrogens is 4. The number of thiophene rings is 1. The monoisotopic (exact) mass is 908 g/mol. The van der Waals surface area contributed by atoms with Crippen molar-refractivity contribution in [2.45, 2.75) is 0 Å². The van der Waals surface area contributed by atoms with Crippen molar-refractivity contribution in [2.75, 3.05) is 0 Å². The van der Waals surface area contributed by atoms with E-state index < -0.39 is 0 Å². The molecule has 0 spiro atoms. The summed E-state index contributed by atoms with van der Waals surface area (Å²) >= 11 is 1.78. The first-order valence-corrected chi connectivity index (χ1v) is 23.1. The van der Waals surface area contributed by atoms with Crippen LogP contribution in [0.25, 0.3) is 125 Å². The van der Waals surface area contributed by atoms with Gasteiger partial charge in [-0.2, -0.15) is 10.5 Å². The van der Waals surface area contributed by atoms with Crippen LogP contribution in [-0.2, 0) is 0 Å². The number of benzene rings is 9. The Bertz CT molecular complexity index is 4040. The molecule has 0 radical (unpaired) electrons. The number of hydrogen-bond donors (Lipinski definition) is 0. The van der Waals surface area contributed by atoms with E-state index >= 15 is 0 Å². The highest BCUT2D eigenvalue weighted by molar-refractivity contribution is 7.25. The van der Waals surface area contributed by atoms with Crippen LogP contribution < -0.4 is 0 Å². The molecule has 0 aliphatic heterocycles. The fourth-order valence-electron chi connectivity index (χ4n) is 9.48. The Balaban J connectivity index is 1.17. The molecule has 12 rings (SSSR count). The molecule has 12 aromatic rings. The number of rotatable bonds is 7. The molecule has 3 heterocycles. The number of fused-ring (bicyclic) bond motifs is 6. The van der Waals surface area contributed by atoms with Gasteiger partial charge >= 0.3 is 0 Å². The van der Waals surface area contributed by atoms with Gasteiger partial charge in [-0.05, 0) is 118 Å². The third-order valence-electron chi connectivity index (χ3n) is 12.7. The molecule has 0 amide bonds. The third kappa shape index (κ3) is 7.17. The maximum absolute atomic E-state index is 9.94. The minimum absolute atomic E-state index is 0.379. The molecule has 0 saturated carbocycles. The molecular formula is C61H32N8S. The molecule has 0 N–H and O–H groups in total. The van der Waals surface area contributed by atoms with Gasteiger partial charge in [-0.15, -0.1) is 11.3 Å². The molecule has 3 aromatic heterocycles. The SMILES string of the molecule is [C-]#[N+]c1cc(C#N)cc(-c2ccc3c(c2)c2cc(-c4cc(C#N)cc([N+]#[C-])c4)ccc2n3-c2ccc(-c3cccc4sc5ccccc5c34)cc2-c2nc(-c3ccccc3)nc(-c3ccccc3)n2)c1. The lowest BCUT2D eigenvalue weighted by Crippen LogP contribution is -2.04. The Kier molecular flexibility index (Phi) is 10.1. The summed E-state index contributed by atoms with van der Waals surface area (Å²) in [7, 11) is 0. The summed E-state index contributed by atoms with van der Waals surface area (Å²) in [5.41, 5.74) is 12.0. The molecule has 9 aromatic carbocycles. The van der Waals surface area contributed by atoms with Gasteiger partial charge in [0.25, 0.3) is 0 Å². The van der Waals surface area contributed by atoms with Crippen molar-refractivity contribution >= 4 is 64.7 Å². The first kappa shape index (κ1) is 41.4. The maximum atomic E-state index is 9.94. The molecule has 0 saturated heterocycles. The first-order chi connectivity index (χ1) is 34.5. The zero-order valence-electron chi connectivity index (χ0n) is 37.0. The largest absolute Gasteiger partial charge is 0.308 e. The van der Waals surface area contributed by atoms with E-state index in [1.165, 1.54) is 20.2 Å². The lowest BCUT2D eigenvalue weighted by molar-refractivity contribution is 1.06. The van der Waals surface area contributed by atoms with Crippen LogP contribution >= 0.6 is 11.3 Å². The predicted molar refractivity (Wildman–Crippen MR) is 282 cm³/mol. The first-order valence-electron chi connectivity index (χ1n) is 22.3. The van der Waals surface area contributed by atoms with Gasteiger partial charge < -0.3 is 4.57 Å². The van der Waals surface area contributed by atoms with Crippen molar-refractivity contribution in [1.29, 1.82) is 10.5 Å². The van der Waals surface area contributed by atoms with E-state index in [1.807, 2.05) is 97.1 Å². The highest BCUT2D eigenvalue weighted by Crippen LogP contribution is 2.44. The minimum Gasteiger partial charge on any atom is -0.308 e. The highest BCUT2D eigenvalue weighted by Gasteiger charge is 2.23. The van der Waals surface area contributed by atoms with Crippen molar-refractivity contribution in [3.8, 4) is 85.4 Å². The average molecular weight is 909 g/mol. The Labute approximate surface area is 406 Å². The molecule has 0 atom stereocenters. The molecule has 9 heteroatoms. The van der Waals surface area contributed by atoms with Gasteiger partial charge in [-0.1, -0.05) is 109 Å². The minimum atomic E-state index is 0.379. The van der Waals surface area contributed by atoms with Gasteiger partial charge in [0.05, 0.1) is 42.0 Å². The summed E-state index contributed by atoms with van der Waals surface area (Å²) in [4.78, 5) is 23.0. The van der Waals surface area contributed by atoms with Crippen LogP contribution in [0, 0.1) is 35.8 Å². The van der Waals surface area contributed by atoms with Gasteiger partial charge in [-0.25, -0.2) is 24.6 Å². The second kappa shape index (κ2) is 17.0. The second-order valence-electron chi connectivity index (χ2n) is 16.8. The summed E-state index contributed by atoms with van der Waals surface area (Å²) in [5, 5.41) is 24.1. The topological polar surface area (TPSA) is 99.9 Å². The molecule has 0 aliphatic carbocycles. The van der Waals surface area contributed by atoms with Gasteiger partial charge in [-0.3, -0.25) is 0 Å². The van der Waals surface area contributed by atoms with E-state index in [-0.39, 0.29) is 0 Å². The number of nitriles is 2. The van der Waals surface area contributed by atoms with Crippen LogP contribution in [0.15, 0.2) is 194 Å². The van der Waals surface area contributed by atoms with Crippen molar-refractivity contribution < 1.29 is 0 Å². The Morgan fingerprint density at radius 2 is 0.943 bits per heavy atom. The Morgan fingerprint density at radius 1 is 0.414 bits per heavy atom. The Morgan fingerprint density at radius 3 is 1.51 bits per heavy atom. The van der Waals surface area contributed by atoms with Gasteiger partial charge in [0, 0.05) is 58.8 Å². The van der Waals surface area contributed by atoms with Crippen LogP contribution in [-0.4, -0.2) is 19.5 Å². The summed E-state index contributed by atoms with van der Waals surface area (Å²) in [6.07, 6.45) is 0. The van der Waals surface area contributed by atoms with Crippen LogP contribution in [0.3, 0.4) is 0 Å². The average Bonchev–Trinajstić information content (AvgIpc) is 3.98. The molecule has 8 nitrogen and oxygen atoms in total. The maximum Gasteiger partial charge on any atom is 0.189 e. The van der Waals surface area contributed by atoms with E-state index in [9.17, 15) is 10.5 Å². The summed E-state index contributed by atoms with van der Waals surface area (Å²) < 4.78 is 4.67. The van der Waals surface area contributed by atoms with Crippen LogP contribution in [0.4, 0.5) is 11.4 Å². The summed E-state index contributed by atoms with van der Waals surface area (Å²) in [6.45, 7) is 15.6. The fraction of sp³-hybridized carbons (Fsp3) is 0. The Hall–Kier alpha value is -10.0. The van der Waals surface area contributed by atoms with Crippen LogP contribution in [0.5, 0.6) is 0 Å². The zero-order valence-corrected chi connectivity index (χ0v) is 37.8. The third-order valence-corrected chi connectivity index (χ3v) is 13.8. The number of nitrogens with zero attached hydrogens (tertiary/aromatic N) is 8. The van der Waals surface area contributed by atoms with Crippen molar-refractivity contribution in [3.63, 3.8) is 0 Å². The van der Waals surface area contributed by atoms with E-state index in [0.717, 1.165) is 77.6 Å². The van der Waals surface area contributed by atoms with Crippen molar-refractivity contribution in [1.82, 2.24) is 19.5 Å². The quantitative estimate of drug-likeness (QED) is 0.148. The fourth-order valence-corrected chi connectivity index (χ4v) is 10.6. The normalized spacial score (nSPS) is 11.1. The van der Waals surface area contributed by atoms with Gasteiger partial charge in [0.1, 0.15) is 0 Å². The lowest BCUT2D eigenvalue weighted by atomic mass is 9.96. The molecule has 0 bridgehead atoms. The summed E-state index contributed by atoms with van der Waals surface area (Å²) in [5.74, 6) is 1.58. The molecule has 322 valence electrons. The molecule has 0 unspecified atom stereocenters. The summed E-state index contributed by atoms with van der Waals surface area (Å²) in [6, 6.07) is 68.8. The van der Waals surface area contributed by atoms with Crippen LogP contribution in [0.2, 0.25) is 0 Å². The van der Waals surface area contributed by atoms with Crippen LogP contribution in [0.1, 0.15) is 11.1 Å². The number of hydrogen-bond acceptors (Lipinski definition) is 6. The zero-order chi connectivity index (χ0) is 47.3. The lowest BCUT2D eigenvalue weighted by Gasteiger charge is -2.17. The smallest absolute Gasteiger partial charge is 0.189 e. The van der Waals surface area contributed by atoms with E-state index in [0.29, 0.717) is 40.0 Å². The van der Waals surface area contributed by atoms with E-state index in [2.05, 4.69) is 111 Å². The van der Waals surface area contributed by atoms with Gasteiger partial charge in [0.2, 0.25) is 0 Å². The van der Waals surface area contributed by atoms with Crippen molar-refractivity contribution in [3.05, 3.63) is 228 Å². The van der Waals surface area contributed by atoms with E-state index in [4.69, 9.17) is 28.1 Å². The second-order valence-corrected chi connectivity index (χ2v) is 17.9. The molecule has 70 heavy (non-hydrogen) atoms. The molecule has 0 fully saturated rings. The van der Waals surface area contributed by atoms with Crippen molar-refractivity contribution in [2.24, 2.45) is 0 Å².